The SMILES string of the molecule is CCN(CC)[C@@H]1CCO[C@]2(CCN(C(=O)Cc3cccc(F)c3)C2)C1.O=C(O)C(F)(F)F. The minimum atomic E-state index is -5.08. The van der Waals surface area contributed by atoms with Crippen LogP contribution in [0, 0.1) is 5.82 Å². The molecule has 0 aliphatic carbocycles. The third-order valence-electron chi connectivity index (χ3n) is 5.95. The van der Waals surface area contributed by atoms with Gasteiger partial charge in [-0.1, -0.05) is 26.0 Å². The highest BCUT2D eigenvalue weighted by molar-refractivity contribution is 5.79. The fraction of sp³-hybridized carbons (Fsp3) is 0.636. The van der Waals surface area contributed by atoms with Gasteiger partial charge in [-0.3, -0.25) is 4.79 Å². The molecule has 0 bridgehead atoms. The minimum Gasteiger partial charge on any atom is -0.475 e. The van der Waals surface area contributed by atoms with E-state index in [1.165, 1.54) is 12.1 Å². The summed E-state index contributed by atoms with van der Waals surface area (Å²) in [5.41, 5.74) is 0.542. The van der Waals surface area contributed by atoms with Crippen molar-refractivity contribution in [1.29, 1.82) is 0 Å². The number of carboxylic acids is 1. The summed E-state index contributed by atoms with van der Waals surface area (Å²) in [6.07, 6.45) is -1.86. The quantitative estimate of drug-likeness (QED) is 0.679. The van der Waals surface area contributed by atoms with E-state index < -0.39 is 12.1 Å². The van der Waals surface area contributed by atoms with Crippen molar-refractivity contribution >= 4 is 11.9 Å². The second kappa shape index (κ2) is 11.1. The van der Waals surface area contributed by atoms with Gasteiger partial charge in [-0.15, -0.1) is 0 Å². The van der Waals surface area contributed by atoms with Crippen LogP contribution in [0.2, 0.25) is 0 Å². The van der Waals surface area contributed by atoms with Crippen molar-refractivity contribution in [2.45, 2.75) is 57.3 Å². The second-order valence-electron chi connectivity index (χ2n) is 8.07. The maximum Gasteiger partial charge on any atom is 0.490 e. The van der Waals surface area contributed by atoms with Gasteiger partial charge in [0.1, 0.15) is 5.82 Å². The van der Waals surface area contributed by atoms with Crippen molar-refractivity contribution in [3.63, 3.8) is 0 Å². The molecule has 1 N–H and O–H groups in total. The first kappa shape index (κ1) is 26.1. The Kier molecular flexibility index (Phi) is 9.03. The molecule has 2 fully saturated rings. The summed E-state index contributed by atoms with van der Waals surface area (Å²) in [5.74, 6) is -2.98. The Morgan fingerprint density at radius 2 is 1.94 bits per heavy atom. The number of amides is 1. The zero-order valence-corrected chi connectivity index (χ0v) is 18.3. The number of rotatable bonds is 5. The summed E-state index contributed by atoms with van der Waals surface area (Å²) in [4.78, 5) is 25.9. The number of likely N-dealkylation sites (tertiary alicyclic amines) is 1. The number of alkyl halides is 3. The van der Waals surface area contributed by atoms with Gasteiger partial charge >= 0.3 is 12.1 Å². The number of benzene rings is 1. The fourth-order valence-electron chi connectivity index (χ4n) is 4.33. The van der Waals surface area contributed by atoms with Crippen LogP contribution in [0.4, 0.5) is 17.6 Å². The summed E-state index contributed by atoms with van der Waals surface area (Å²) in [6, 6.07) is 6.85. The Hall–Kier alpha value is -2.20. The van der Waals surface area contributed by atoms with Crippen molar-refractivity contribution in [2.75, 3.05) is 32.8 Å². The van der Waals surface area contributed by atoms with Gasteiger partial charge < -0.3 is 19.6 Å². The van der Waals surface area contributed by atoms with E-state index in [4.69, 9.17) is 14.6 Å². The lowest BCUT2D eigenvalue weighted by Crippen LogP contribution is -2.50. The Balaban J connectivity index is 0.000000451. The highest BCUT2D eigenvalue weighted by Gasteiger charge is 2.45. The molecular weight excluding hydrogens is 432 g/mol. The lowest BCUT2D eigenvalue weighted by molar-refractivity contribution is -0.192. The van der Waals surface area contributed by atoms with Gasteiger partial charge in [-0.05, 0) is 50.0 Å². The fourth-order valence-corrected chi connectivity index (χ4v) is 4.33. The van der Waals surface area contributed by atoms with Gasteiger partial charge in [0, 0.05) is 25.7 Å². The second-order valence-corrected chi connectivity index (χ2v) is 8.07. The van der Waals surface area contributed by atoms with E-state index in [2.05, 4.69) is 18.7 Å². The molecule has 2 atom stereocenters. The first-order chi connectivity index (χ1) is 15.0. The van der Waals surface area contributed by atoms with Gasteiger partial charge in [0.2, 0.25) is 5.91 Å². The number of hydrogen-bond acceptors (Lipinski definition) is 4. The maximum atomic E-state index is 13.3. The number of carbonyl (C=O) groups excluding carboxylic acids is 1. The summed E-state index contributed by atoms with van der Waals surface area (Å²) >= 11 is 0. The van der Waals surface area contributed by atoms with Gasteiger partial charge in [0.05, 0.1) is 12.0 Å². The number of carboxylic acid groups (broad SMARTS) is 1. The van der Waals surface area contributed by atoms with E-state index in [-0.39, 0.29) is 23.7 Å². The summed E-state index contributed by atoms with van der Waals surface area (Å²) in [5, 5.41) is 7.12. The van der Waals surface area contributed by atoms with Crippen molar-refractivity contribution in [2.24, 2.45) is 0 Å². The zero-order chi connectivity index (χ0) is 23.9. The molecule has 2 heterocycles. The van der Waals surface area contributed by atoms with Crippen LogP contribution in [0.25, 0.3) is 0 Å². The van der Waals surface area contributed by atoms with Crippen LogP contribution in [0.1, 0.15) is 38.7 Å². The molecule has 3 rings (SSSR count). The summed E-state index contributed by atoms with van der Waals surface area (Å²) < 4.78 is 51.2. The van der Waals surface area contributed by atoms with Gasteiger partial charge in [0.25, 0.3) is 0 Å². The molecule has 180 valence electrons. The van der Waals surface area contributed by atoms with Crippen LogP contribution in [0.3, 0.4) is 0 Å². The molecule has 1 spiro atoms. The number of ether oxygens (including phenoxy) is 1. The van der Waals surface area contributed by atoms with Crippen LogP contribution in [-0.2, 0) is 20.7 Å². The van der Waals surface area contributed by atoms with E-state index in [0.29, 0.717) is 12.6 Å². The zero-order valence-electron chi connectivity index (χ0n) is 18.3. The first-order valence-corrected chi connectivity index (χ1v) is 10.7. The third-order valence-corrected chi connectivity index (χ3v) is 5.95. The Morgan fingerprint density at radius 3 is 2.50 bits per heavy atom. The smallest absolute Gasteiger partial charge is 0.475 e. The van der Waals surface area contributed by atoms with Gasteiger partial charge in [0.15, 0.2) is 0 Å². The molecule has 2 saturated heterocycles. The summed E-state index contributed by atoms with van der Waals surface area (Å²) in [6.45, 7) is 8.69. The monoisotopic (exact) mass is 462 g/mol. The maximum absolute atomic E-state index is 13.3. The van der Waals surface area contributed by atoms with E-state index in [9.17, 15) is 22.4 Å². The lowest BCUT2D eigenvalue weighted by atomic mass is 9.88. The Morgan fingerprint density at radius 1 is 1.28 bits per heavy atom. The molecule has 6 nitrogen and oxygen atoms in total. The molecule has 1 aromatic rings. The molecule has 0 radical (unpaired) electrons. The number of halogens is 4. The van der Waals surface area contributed by atoms with Gasteiger partial charge in [-0.25, -0.2) is 9.18 Å². The average molecular weight is 462 g/mol. The topological polar surface area (TPSA) is 70.1 Å². The molecule has 0 unspecified atom stereocenters. The predicted octanol–water partition coefficient (Wildman–Crippen LogP) is 3.49. The molecule has 1 amide bonds. The molecule has 2 aliphatic rings. The van der Waals surface area contributed by atoms with E-state index >= 15 is 0 Å². The molecule has 2 aliphatic heterocycles. The lowest BCUT2D eigenvalue weighted by Gasteiger charge is -2.42. The number of aliphatic carboxylic acids is 1. The van der Waals surface area contributed by atoms with Crippen LogP contribution in [-0.4, -0.2) is 77.4 Å². The normalized spacial score (nSPS) is 23.2. The molecule has 10 heteroatoms. The molecule has 1 aromatic carbocycles. The highest BCUT2D eigenvalue weighted by Crippen LogP contribution is 2.36. The van der Waals surface area contributed by atoms with Crippen molar-refractivity contribution in [3.8, 4) is 0 Å². The average Bonchev–Trinajstić information content (AvgIpc) is 3.12. The standard InChI is InChI=1S/C20H29FN2O2.C2HF3O2/c1-3-22(4-2)18-8-11-25-20(14-18)9-10-23(15-20)19(24)13-16-6-5-7-17(21)12-16;3-2(4,5)1(6)7/h5-7,12,18H,3-4,8-11,13-15H2,1-2H3;(H,6,7)/t18-,20-;/m1./s1. The van der Waals surface area contributed by atoms with Crippen molar-refractivity contribution in [1.82, 2.24) is 9.80 Å². The van der Waals surface area contributed by atoms with Crippen LogP contribution in [0.5, 0.6) is 0 Å². The molecule has 0 aromatic heterocycles. The number of nitrogens with zero attached hydrogens (tertiary/aromatic N) is 2. The largest absolute Gasteiger partial charge is 0.490 e. The number of carbonyl (C=O) groups is 2. The molecule has 32 heavy (non-hydrogen) atoms. The number of hydrogen-bond donors (Lipinski definition) is 1. The Bertz CT molecular complexity index is 785. The van der Waals surface area contributed by atoms with Crippen molar-refractivity contribution < 1.29 is 37.0 Å². The van der Waals surface area contributed by atoms with Crippen molar-refractivity contribution in [3.05, 3.63) is 35.6 Å². The third kappa shape index (κ3) is 7.16. The Labute approximate surface area is 185 Å². The summed E-state index contributed by atoms with van der Waals surface area (Å²) in [7, 11) is 0. The van der Waals surface area contributed by atoms with Crippen LogP contribution < -0.4 is 0 Å². The highest BCUT2D eigenvalue weighted by atomic mass is 19.4. The molecule has 0 saturated carbocycles. The first-order valence-electron chi connectivity index (χ1n) is 10.7. The minimum absolute atomic E-state index is 0.0658. The van der Waals surface area contributed by atoms with Crippen LogP contribution in [0.15, 0.2) is 24.3 Å². The molecular formula is C22H30F4N2O4. The predicted molar refractivity (Wildman–Crippen MR) is 110 cm³/mol. The van der Waals surface area contributed by atoms with E-state index in [1.54, 1.807) is 12.1 Å². The van der Waals surface area contributed by atoms with E-state index in [1.807, 2.05) is 4.90 Å². The van der Waals surface area contributed by atoms with Gasteiger partial charge in [-0.2, -0.15) is 13.2 Å². The van der Waals surface area contributed by atoms with E-state index in [0.717, 1.165) is 51.1 Å². The van der Waals surface area contributed by atoms with Crippen LogP contribution >= 0.6 is 0 Å².